The number of hydrogen-bond acceptors (Lipinski definition) is 0. The van der Waals surface area contributed by atoms with Crippen LogP contribution in [0.5, 0.6) is 0 Å². The highest BCUT2D eigenvalue weighted by Crippen LogP contribution is 2.53. The van der Waals surface area contributed by atoms with Gasteiger partial charge in [-0.3, -0.25) is 0 Å². The topological polar surface area (TPSA) is 0 Å². The van der Waals surface area contributed by atoms with E-state index in [1.807, 2.05) is 0 Å². The van der Waals surface area contributed by atoms with E-state index in [-0.39, 0.29) is 0 Å². The van der Waals surface area contributed by atoms with Crippen molar-refractivity contribution in [2.24, 2.45) is 0 Å². The van der Waals surface area contributed by atoms with E-state index in [1.165, 1.54) is 229 Å². The molecule has 0 radical (unpaired) electrons. The standard InChI is InChI=1S/2C36H22.C34H20/c1-2-10-25-23(9-1)17-19-33-32(25)20-18-24-21-35-30-15-7-5-13-28(30)26-11-3-4-12-27(26)29-14-6-8-16-31(29)36(35)22-34(24)33;1-2-10-24-23(9-1)17-18-31-30(24)19-21-35-32(31)20-22-34-29-15-6-5-13-27(29)25-11-3-4-12-26(25)28-14-7-8-16-33(28)36(34)35;1-2-11-25-24(10-1)26-12-3-4-14-28(26)31-20-23-17-16-21-8-7-9-22-18-19-30(33(23)32(21)22)34(31)29-15-6-5-13-27(25)29/h2*1-22H;1-20H. The fourth-order valence-corrected chi connectivity index (χ4v) is 18.6. The second-order valence-electron chi connectivity index (χ2n) is 28.7. The molecular weight excluding hydrogens is 1270 g/mol. The highest BCUT2D eigenvalue weighted by atomic mass is 14.3. The average Bonchev–Trinajstić information content (AvgIpc) is 0.719. The smallest absolute Gasteiger partial charge is 0.00197 e. The molecule has 2 aliphatic carbocycles. The molecule has 2 aliphatic rings. The van der Waals surface area contributed by atoms with Gasteiger partial charge in [0.2, 0.25) is 0 Å². The third-order valence-corrected chi connectivity index (χ3v) is 23.2. The minimum atomic E-state index is 1.28. The van der Waals surface area contributed by atoms with E-state index < -0.39 is 0 Å². The number of hydrogen-bond donors (Lipinski definition) is 0. The van der Waals surface area contributed by atoms with Crippen LogP contribution in [0.25, 0.3) is 229 Å². The fourth-order valence-electron chi connectivity index (χ4n) is 18.6. The third-order valence-electron chi connectivity index (χ3n) is 23.2. The number of rotatable bonds is 0. The lowest BCUT2D eigenvalue weighted by Gasteiger charge is -2.24. The first-order valence-corrected chi connectivity index (χ1v) is 37.0. The molecule has 0 aliphatic heterocycles. The Bertz CT molecular complexity index is 7360. The summed E-state index contributed by atoms with van der Waals surface area (Å²) in [6.07, 6.45) is 0. The Hall–Kier alpha value is -13.8. The molecule has 106 heavy (non-hydrogen) atoms. The summed E-state index contributed by atoms with van der Waals surface area (Å²) in [7, 11) is 0. The van der Waals surface area contributed by atoms with Gasteiger partial charge in [-0.2, -0.15) is 0 Å². The first-order chi connectivity index (χ1) is 52.6. The molecule has 0 saturated heterocycles. The predicted molar refractivity (Wildman–Crippen MR) is 458 cm³/mol. The van der Waals surface area contributed by atoms with Crippen LogP contribution in [0.15, 0.2) is 388 Å². The Morgan fingerprint density at radius 3 is 0.887 bits per heavy atom. The molecule has 488 valence electrons. The van der Waals surface area contributed by atoms with Gasteiger partial charge in [0.15, 0.2) is 0 Å². The van der Waals surface area contributed by atoms with Gasteiger partial charge in [-0.05, 0) is 247 Å². The van der Waals surface area contributed by atoms with Gasteiger partial charge in [0, 0.05) is 0 Å². The summed E-state index contributed by atoms with van der Waals surface area (Å²) in [5, 5.41) is 34.0. The molecule has 0 amide bonds. The van der Waals surface area contributed by atoms with Crippen molar-refractivity contribution < 1.29 is 0 Å². The third kappa shape index (κ3) is 9.15. The van der Waals surface area contributed by atoms with Crippen LogP contribution < -0.4 is 0 Å². The van der Waals surface area contributed by atoms with E-state index in [0.717, 1.165) is 0 Å². The van der Waals surface area contributed by atoms with Crippen LogP contribution >= 0.6 is 0 Å². The molecule has 24 rings (SSSR count). The van der Waals surface area contributed by atoms with Gasteiger partial charge in [-0.1, -0.05) is 370 Å². The summed E-state index contributed by atoms with van der Waals surface area (Å²) < 4.78 is 0. The molecule has 0 nitrogen and oxygen atoms in total. The summed E-state index contributed by atoms with van der Waals surface area (Å²) in [4.78, 5) is 0. The Kier molecular flexibility index (Phi) is 13.5. The quantitative estimate of drug-likeness (QED) is 0.133. The monoisotopic (exact) mass is 1340 g/mol. The molecular formula is C106H64. The zero-order valence-electron chi connectivity index (χ0n) is 58.0. The normalized spacial score (nSPS) is 12.0. The van der Waals surface area contributed by atoms with Crippen molar-refractivity contribution in [2.75, 3.05) is 0 Å². The van der Waals surface area contributed by atoms with Crippen molar-refractivity contribution in [3.8, 4) is 89.0 Å². The molecule has 22 aromatic carbocycles. The van der Waals surface area contributed by atoms with Gasteiger partial charge < -0.3 is 0 Å². The highest BCUT2D eigenvalue weighted by molar-refractivity contribution is 6.37. The molecule has 0 bridgehead atoms. The minimum absolute atomic E-state index is 1.28. The Morgan fingerprint density at radius 2 is 0.377 bits per heavy atom. The van der Waals surface area contributed by atoms with Gasteiger partial charge in [0.25, 0.3) is 0 Å². The van der Waals surface area contributed by atoms with Crippen LogP contribution in [0, 0.1) is 0 Å². The van der Waals surface area contributed by atoms with E-state index in [1.54, 1.807) is 0 Å². The van der Waals surface area contributed by atoms with E-state index in [2.05, 4.69) is 388 Å². The lowest BCUT2D eigenvalue weighted by atomic mass is 9.79. The fraction of sp³-hybridized carbons (Fsp3) is 0. The highest BCUT2D eigenvalue weighted by Gasteiger charge is 2.26. The van der Waals surface area contributed by atoms with Crippen LogP contribution in [-0.2, 0) is 0 Å². The maximum absolute atomic E-state index is 2.44. The van der Waals surface area contributed by atoms with Crippen LogP contribution in [0.4, 0.5) is 0 Å². The van der Waals surface area contributed by atoms with Gasteiger partial charge in [0.05, 0.1) is 0 Å². The summed E-state index contributed by atoms with van der Waals surface area (Å²) >= 11 is 0. The van der Waals surface area contributed by atoms with Gasteiger partial charge in [-0.25, -0.2) is 0 Å². The minimum Gasteiger partial charge on any atom is -0.0616 e. The zero-order chi connectivity index (χ0) is 69.5. The molecule has 0 N–H and O–H groups in total. The van der Waals surface area contributed by atoms with Crippen molar-refractivity contribution in [3.63, 3.8) is 0 Å². The lowest BCUT2D eigenvalue weighted by Crippen LogP contribution is -1.97. The van der Waals surface area contributed by atoms with Gasteiger partial charge in [-0.15, -0.1) is 0 Å². The summed E-state index contributed by atoms with van der Waals surface area (Å²) in [6, 6.07) is 143. The molecule has 0 aromatic heterocycles. The first kappa shape index (κ1) is 59.9. The van der Waals surface area contributed by atoms with Crippen molar-refractivity contribution in [1.82, 2.24) is 0 Å². The second kappa shape index (κ2) is 23.9. The van der Waals surface area contributed by atoms with Crippen LogP contribution in [0.1, 0.15) is 0 Å². The van der Waals surface area contributed by atoms with Crippen molar-refractivity contribution in [1.29, 1.82) is 0 Å². The van der Waals surface area contributed by atoms with E-state index >= 15 is 0 Å². The van der Waals surface area contributed by atoms with Crippen molar-refractivity contribution >= 4 is 140 Å². The summed E-state index contributed by atoms with van der Waals surface area (Å²) in [5.74, 6) is 0. The molecule has 0 unspecified atom stereocenters. The zero-order valence-corrected chi connectivity index (χ0v) is 58.0. The van der Waals surface area contributed by atoms with E-state index in [9.17, 15) is 0 Å². The Labute approximate surface area is 613 Å². The molecule has 0 spiro atoms. The second-order valence-corrected chi connectivity index (χ2v) is 28.7. The largest absolute Gasteiger partial charge is 0.0616 e. The molecule has 0 fully saturated rings. The first-order valence-electron chi connectivity index (χ1n) is 37.0. The number of benzene rings is 21. The summed E-state index contributed by atoms with van der Waals surface area (Å²) in [5.41, 5.74) is 20.6. The molecule has 0 heterocycles. The Balaban J connectivity index is 0.0000000993. The molecule has 22 aromatic rings. The summed E-state index contributed by atoms with van der Waals surface area (Å²) in [6.45, 7) is 0. The maximum Gasteiger partial charge on any atom is -0.00197 e. The van der Waals surface area contributed by atoms with E-state index in [4.69, 9.17) is 0 Å². The average molecular weight is 1340 g/mol. The van der Waals surface area contributed by atoms with Gasteiger partial charge >= 0.3 is 0 Å². The number of fused-ring (bicyclic) bond motifs is 36. The lowest BCUT2D eigenvalue weighted by molar-refractivity contribution is 1.53. The molecule has 0 atom stereocenters. The molecule has 0 heteroatoms. The van der Waals surface area contributed by atoms with Crippen LogP contribution in [-0.4, -0.2) is 0 Å². The Morgan fingerprint density at radius 1 is 0.0943 bits per heavy atom. The van der Waals surface area contributed by atoms with Crippen LogP contribution in [0.3, 0.4) is 0 Å². The van der Waals surface area contributed by atoms with Crippen molar-refractivity contribution in [3.05, 3.63) is 388 Å². The SMILES string of the molecule is c1cc2ccc3cc4c5ccccc5c5ccccc5c5ccccc5c4c4ccc(c1)c2c34.c1ccc2c(c1)-c1ccccc1-c1cc3ccc4c5ccccc5ccc4c3cc1-c1ccccc1-2.c1ccc2c(c1)-c1ccccc1-c1ccc3c(ccc4c5ccccc5ccc34)c1-c1ccccc1-2. The predicted octanol–water partition coefficient (Wildman–Crippen LogP) is 30.0. The maximum atomic E-state index is 2.44. The van der Waals surface area contributed by atoms with Crippen molar-refractivity contribution in [2.45, 2.75) is 0 Å². The molecule has 0 saturated carbocycles. The van der Waals surface area contributed by atoms with E-state index in [0.29, 0.717) is 0 Å². The van der Waals surface area contributed by atoms with Crippen LogP contribution in [0.2, 0.25) is 0 Å². The van der Waals surface area contributed by atoms with Gasteiger partial charge in [0.1, 0.15) is 0 Å².